The zero-order chi connectivity index (χ0) is 25.5. The molecule has 0 unspecified atom stereocenters. The molecule has 190 valence electrons. The van der Waals surface area contributed by atoms with Gasteiger partial charge in [0.15, 0.2) is 0 Å². The highest BCUT2D eigenvalue weighted by atomic mass is 16.5. The van der Waals surface area contributed by atoms with Gasteiger partial charge in [0, 0.05) is 19.6 Å². The molecule has 1 aliphatic rings. The lowest BCUT2D eigenvalue weighted by Gasteiger charge is -2.25. The van der Waals surface area contributed by atoms with Crippen LogP contribution < -0.4 is 4.74 Å². The minimum absolute atomic E-state index is 0.0133. The predicted molar refractivity (Wildman–Crippen MR) is 134 cm³/mol. The van der Waals surface area contributed by atoms with E-state index in [2.05, 4.69) is 22.2 Å². The zero-order valence-electron chi connectivity index (χ0n) is 21.1. The summed E-state index contributed by atoms with van der Waals surface area (Å²) in [5, 5.41) is 4.30. The zero-order valence-corrected chi connectivity index (χ0v) is 21.1. The summed E-state index contributed by atoms with van der Waals surface area (Å²) in [7, 11) is 1.63. The van der Waals surface area contributed by atoms with Gasteiger partial charge >= 0.3 is 0 Å². The van der Waals surface area contributed by atoms with Gasteiger partial charge in [0.05, 0.1) is 26.4 Å². The summed E-state index contributed by atoms with van der Waals surface area (Å²) >= 11 is 0. The van der Waals surface area contributed by atoms with Gasteiger partial charge in [0.1, 0.15) is 23.9 Å². The first-order valence-electron chi connectivity index (χ1n) is 12.1. The van der Waals surface area contributed by atoms with Crippen molar-refractivity contribution in [3.8, 4) is 5.75 Å². The van der Waals surface area contributed by atoms with Crippen molar-refractivity contribution < 1.29 is 19.1 Å². The van der Waals surface area contributed by atoms with E-state index in [1.807, 2.05) is 49.4 Å². The molecule has 0 saturated carbocycles. The fourth-order valence-corrected chi connectivity index (χ4v) is 4.31. The van der Waals surface area contributed by atoms with Gasteiger partial charge in [-0.25, -0.2) is 9.67 Å². The minimum atomic E-state index is -0.332. The molecule has 0 aliphatic carbocycles. The average Bonchev–Trinajstić information content (AvgIpc) is 3.10. The van der Waals surface area contributed by atoms with E-state index in [-0.39, 0.29) is 31.0 Å². The highest BCUT2D eigenvalue weighted by molar-refractivity contribution is 5.85. The lowest BCUT2D eigenvalue weighted by molar-refractivity contribution is -0.139. The number of carbonyl (C=O) groups is 2. The van der Waals surface area contributed by atoms with E-state index in [9.17, 15) is 9.59 Å². The van der Waals surface area contributed by atoms with Crippen LogP contribution in [-0.2, 0) is 33.9 Å². The number of aromatic nitrogens is 3. The Morgan fingerprint density at radius 3 is 2.56 bits per heavy atom. The summed E-state index contributed by atoms with van der Waals surface area (Å²) in [6, 6.07) is 17.8. The van der Waals surface area contributed by atoms with Gasteiger partial charge < -0.3 is 19.3 Å². The molecular formula is C27H33N5O4. The van der Waals surface area contributed by atoms with E-state index in [0.29, 0.717) is 37.9 Å². The fourth-order valence-electron chi connectivity index (χ4n) is 4.31. The van der Waals surface area contributed by atoms with Crippen molar-refractivity contribution in [2.45, 2.75) is 39.5 Å². The van der Waals surface area contributed by atoms with Crippen LogP contribution in [0.1, 0.15) is 22.8 Å². The number of benzene rings is 2. The van der Waals surface area contributed by atoms with E-state index >= 15 is 0 Å². The fraction of sp³-hybridized carbons (Fsp3) is 0.407. The predicted octanol–water partition coefficient (Wildman–Crippen LogP) is 2.40. The van der Waals surface area contributed by atoms with Crippen LogP contribution >= 0.6 is 0 Å². The Hall–Kier alpha value is -3.72. The highest BCUT2D eigenvalue weighted by Gasteiger charge is 2.31. The number of rotatable bonds is 9. The summed E-state index contributed by atoms with van der Waals surface area (Å²) in [5.74, 6) is 1.76. The summed E-state index contributed by atoms with van der Waals surface area (Å²) in [6.07, 6.45) is 0.404. The molecule has 1 saturated heterocycles. The Kier molecular flexibility index (Phi) is 8.32. The van der Waals surface area contributed by atoms with Gasteiger partial charge in [-0.2, -0.15) is 5.10 Å². The molecule has 2 aromatic carbocycles. The molecule has 9 heteroatoms. The molecule has 0 radical (unpaired) electrons. The lowest BCUT2D eigenvalue weighted by Crippen LogP contribution is -2.41. The average molecular weight is 492 g/mol. The first kappa shape index (κ1) is 25.4. The van der Waals surface area contributed by atoms with Gasteiger partial charge in [-0.05, 0) is 43.5 Å². The van der Waals surface area contributed by atoms with E-state index in [1.165, 1.54) is 0 Å². The SMILES string of the molecule is COc1cccc(CO[C@@H]2CN(CCc3ccccc3)C(=O)CN(C(=O)Cn3nc(C)nc3C)C2)c1. The number of hydrogen-bond acceptors (Lipinski definition) is 6. The van der Waals surface area contributed by atoms with Crippen molar-refractivity contribution in [2.75, 3.05) is 33.3 Å². The van der Waals surface area contributed by atoms with Crippen molar-refractivity contribution in [1.29, 1.82) is 0 Å². The van der Waals surface area contributed by atoms with Crippen LogP contribution in [-0.4, -0.2) is 75.8 Å². The van der Waals surface area contributed by atoms with Crippen LogP contribution in [0, 0.1) is 13.8 Å². The summed E-state index contributed by atoms with van der Waals surface area (Å²) < 4.78 is 13.1. The van der Waals surface area contributed by atoms with Gasteiger partial charge in [0.25, 0.3) is 0 Å². The van der Waals surface area contributed by atoms with E-state index in [1.54, 1.807) is 28.5 Å². The second-order valence-corrected chi connectivity index (χ2v) is 9.00. The molecule has 2 amide bonds. The minimum Gasteiger partial charge on any atom is -0.497 e. The third-order valence-corrected chi connectivity index (χ3v) is 6.26. The summed E-state index contributed by atoms with van der Waals surface area (Å²) in [6.45, 7) is 5.30. The largest absolute Gasteiger partial charge is 0.497 e. The Labute approximate surface area is 211 Å². The van der Waals surface area contributed by atoms with Crippen molar-refractivity contribution >= 4 is 11.8 Å². The monoisotopic (exact) mass is 491 g/mol. The molecule has 1 atom stereocenters. The second kappa shape index (κ2) is 11.8. The molecular weight excluding hydrogens is 458 g/mol. The second-order valence-electron chi connectivity index (χ2n) is 9.00. The molecule has 1 fully saturated rings. The standard InChI is InChI=1S/C27H33N5O4/c1-20-28-21(2)32(29-20)18-27(34)31-16-25(36-19-23-10-7-11-24(14-23)35-3)15-30(26(33)17-31)13-12-22-8-5-4-6-9-22/h4-11,14,25H,12-13,15-19H2,1-3H3/t25-/m1/s1. The number of ether oxygens (including phenoxy) is 2. The van der Waals surface area contributed by atoms with Crippen molar-refractivity contribution in [3.05, 3.63) is 77.4 Å². The maximum atomic E-state index is 13.2. The number of amides is 2. The van der Waals surface area contributed by atoms with Crippen molar-refractivity contribution in [2.24, 2.45) is 0 Å². The molecule has 0 spiro atoms. The van der Waals surface area contributed by atoms with Crippen molar-refractivity contribution in [1.82, 2.24) is 24.6 Å². The molecule has 0 bridgehead atoms. The summed E-state index contributed by atoms with van der Waals surface area (Å²) in [4.78, 5) is 34.1. The molecule has 3 aromatic rings. The molecule has 0 N–H and O–H groups in total. The van der Waals surface area contributed by atoms with Crippen LogP contribution in [0.15, 0.2) is 54.6 Å². The molecule has 4 rings (SSSR count). The molecule has 1 aromatic heterocycles. The molecule has 36 heavy (non-hydrogen) atoms. The third kappa shape index (κ3) is 6.69. The van der Waals surface area contributed by atoms with Crippen LogP contribution in [0.5, 0.6) is 5.75 Å². The first-order valence-corrected chi connectivity index (χ1v) is 12.1. The van der Waals surface area contributed by atoms with E-state index in [0.717, 1.165) is 23.3 Å². The van der Waals surface area contributed by atoms with Gasteiger partial charge in [-0.15, -0.1) is 0 Å². The normalized spacial score (nSPS) is 16.2. The van der Waals surface area contributed by atoms with E-state index < -0.39 is 0 Å². The number of nitrogens with zero attached hydrogens (tertiary/aromatic N) is 5. The lowest BCUT2D eigenvalue weighted by atomic mass is 10.1. The molecule has 9 nitrogen and oxygen atoms in total. The first-order chi connectivity index (χ1) is 17.4. The maximum absolute atomic E-state index is 13.2. The Balaban J connectivity index is 1.47. The molecule has 1 aliphatic heterocycles. The van der Waals surface area contributed by atoms with Crippen LogP contribution in [0.2, 0.25) is 0 Å². The van der Waals surface area contributed by atoms with Crippen LogP contribution in [0.3, 0.4) is 0 Å². The Morgan fingerprint density at radius 1 is 1.06 bits per heavy atom. The number of aryl methyl sites for hydroxylation is 2. The Bertz CT molecular complexity index is 1180. The van der Waals surface area contributed by atoms with Gasteiger partial charge in [-0.1, -0.05) is 42.5 Å². The van der Waals surface area contributed by atoms with Crippen molar-refractivity contribution in [3.63, 3.8) is 0 Å². The van der Waals surface area contributed by atoms with Crippen LogP contribution in [0.4, 0.5) is 0 Å². The summed E-state index contributed by atoms with van der Waals surface area (Å²) in [5.41, 5.74) is 2.13. The van der Waals surface area contributed by atoms with Crippen LogP contribution in [0.25, 0.3) is 0 Å². The maximum Gasteiger partial charge on any atom is 0.244 e. The Morgan fingerprint density at radius 2 is 1.83 bits per heavy atom. The number of hydrogen-bond donors (Lipinski definition) is 0. The molecule has 2 heterocycles. The number of methoxy groups -OCH3 is 1. The quantitative estimate of drug-likeness (QED) is 0.457. The smallest absolute Gasteiger partial charge is 0.244 e. The van der Waals surface area contributed by atoms with E-state index in [4.69, 9.17) is 9.47 Å². The van der Waals surface area contributed by atoms with Gasteiger partial charge in [0.2, 0.25) is 11.8 Å². The number of carbonyl (C=O) groups excluding carboxylic acids is 2. The van der Waals surface area contributed by atoms with Gasteiger partial charge in [-0.3, -0.25) is 9.59 Å². The third-order valence-electron chi connectivity index (χ3n) is 6.26. The highest BCUT2D eigenvalue weighted by Crippen LogP contribution is 2.16. The topological polar surface area (TPSA) is 89.8 Å².